The summed E-state index contributed by atoms with van der Waals surface area (Å²) in [6.45, 7) is 5.53. The number of aryl methyl sites for hydroxylation is 3. The van der Waals surface area contributed by atoms with Crippen LogP contribution in [0.4, 0.5) is 0 Å². The molecule has 4 heterocycles. The molecule has 7 nitrogen and oxygen atoms in total. The first kappa shape index (κ1) is 18.4. The van der Waals surface area contributed by atoms with Crippen LogP contribution < -0.4 is 5.32 Å². The van der Waals surface area contributed by atoms with Gasteiger partial charge in [0.25, 0.3) is 0 Å². The summed E-state index contributed by atoms with van der Waals surface area (Å²) < 4.78 is 3.63. The van der Waals surface area contributed by atoms with Crippen molar-refractivity contribution < 1.29 is 4.79 Å². The maximum atomic E-state index is 12.4. The zero-order chi connectivity index (χ0) is 19.5. The number of amides is 1. The minimum atomic E-state index is -0.0649. The van der Waals surface area contributed by atoms with Crippen molar-refractivity contribution in [3.8, 4) is 10.4 Å². The first-order valence-corrected chi connectivity index (χ1v) is 10.1. The minimum absolute atomic E-state index is 0.0649. The number of aromatic nitrogens is 5. The highest BCUT2D eigenvalue weighted by Crippen LogP contribution is 2.32. The lowest BCUT2D eigenvalue weighted by Crippen LogP contribution is -2.29. The normalized spacial score (nSPS) is 11.2. The predicted octanol–water partition coefficient (Wildman–Crippen LogP) is 3.18. The van der Waals surface area contributed by atoms with E-state index < -0.39 is 0 Å². The van der Waals surface area contributed by atoms with Gasteiger partial charge < -0.3 is 5.32 Å². The molecule has 8 heteroatoms. The molecule has 0 saturated heterocycles. The molecule has 0 saturated carbocycles. The molecule has 0 fully saturated rings. The number of rotatable bonds is 7. The van der Waals surface area contributed by atoms with E-state index in [0.29, 0.717) is 6.54 Å². The Morgan fingerprint density at radius 1 is 1.18 bits per heavy atom. The van der Waals surface area contributed by atoms with Crippen LogP contribution in [0.3, 0.4) is 0 Å². The van der Waals surface area contributed by atoms with Gasteiger partial charge in [-0.2, -0.15) is 10.2 Å². The average molecular weight is 395 g/mol. The van der Waals surface area contributed by atoms with Crippen LogP contribution in [0.1, 0.15) is 17.8 Å². The number of carbonyl (C=O) groups is 1. The summed E-state index contributed by atoms with van der Waals surface area (Å²) in [5.41, 5.74) is 3.86. The van der Waals surface area contributed by atoms with Crippen molar-refractivity contribution in [2.24, 2.45) is 0 Å². The molecule has 0 aliphatic carbocycles. The second-order valence-corrected chi connectivity index (χ2v) is 7.62. The summed E-state index contributed by atoms with van der Waals surface area (Å²) in [6.07, 6.45) is 4.39. The number of carbonyl (C=O) groups excluding carboxylic acids is 1. The van der Waals surface area contributed by atoms with Gasteiger partial charge in [-0.15, -0.1) is 11.3 Å². The third kappa shape index (κ3) is 3.68. The summed E-state index contributed by atoms with van der Waals surface area (Å²) >= 11 is 1.68. The van der Waals surface area contributed by atoms with Crippen molar-refractivity contribution in [3.63, 3.8) is 0 Å². The first-order valence-electron chi connectivity index (χ1n) is 9.24. The third-order valence-corrected chi connectivity index (χ3v) is 5.59. The molecule has 28 heavy (non-hydrogen) atoms. The Kier molecular flexibility index (Phi) is 5.21. The Morgan fingerprint density at radius 3 is 2.82 bits per heavy atom. The molecular formula is C20H22N6OS. The fourth-order valence-electron chi connectivity index (χ4n) is 3.31. The van der Waals surface area contributed by atoms with Crippen molar-refractivity contribution in [3.05, 3.63) is 53.4 Å². The van der Waals surface area contributed by atoms with Gasteiger partial charge in [0.2, 0.25) is 5.91 Å². The third-order valence-electron chi connectivity index (χ3n) is 4.69. The van der Waals surface area contributed by atoms with Crippen molar-refractivity contribution in [1.82, 2.24) is 29.9 Å². The van der Waals surface area contributed by atoms with Crippen LogP contribution in [0, 0.1) is 13.8 Å². The molecule has 1 amide bonds. The summed E-state index contributed by atoms with van der Waals surface area (Å²) in [5.74, 6) is -0.0649. The van der Waals surface area contributed by atoms with E-state index in [1.165, 1.54) is 4.88 Å². The van der Waals surface area contributed by atoms with Crippen LogP contribution >= 0.6 is 11.3 Å². The molecule has 0 radical (unpaired) electrons. The van der Waals surface area contributed by atoms with Crippen LogP contribution in [-0.4, -0.2) is 37.0 Å². The zero-order valence-corrected chi connectivity index (χ0v) is 16.7. The molecule has 0 atom stereocenters. The van der Waals surface area contributed by atoms with E-state index in [0.717, 1.165) is 41.0 Å². The minimum Gasteiger partial charge on any atom is -0.354 e. The Labute approximate surface area is 167 Å². The maximum absolute atomic E-state index is 12.4. The van der Waals surface area contributed by atoms with E-state index in [1.54, 1.807) is 28.4 Å². The standard InChI is InChI=1S/C20H22N6OS/c1-14-6-10-23-25(14)11-4-8-21-18(27)13-26-20-19(15(2)24-26)16(7-9-22-20)17-5-3-12-28-17/h3,5-7,9-10,12H,4,8,11,13H2,1-2H3,(H,21,27). The smallest absolute Gasteiger partial charge is 0.241 e. The van der Waals surface area contributed by atoms with E-state index in [-0.39, 0.29) is 12.5 Å². The van der Waals surface area contributed by atoms with Gasteiger partial charge in [0, 0.05) is 41.6 Å². The predicted molar refractivity (Wildman–Crippen MR) is 110 cm³/mol. The van der Waals surface area contributed by atoms with E-state index in [4.69, 9.17) is 0 Å². The number of thiophene rings is 1. The lowest BCUT2D eigenvalue weighted by atomic mass is 10.1. The van der Waals surface area contributed by atoms with Crippen LogP contribution in [0.2, 0.25) is 0 Å². The molecule has 0 aromatic carbocycles. The Bertz CT molecular complexity index is 1100. The molecule has 4 aromatic rings. The quantitative estimate of drug-likeness (QED) is 0.489. The zero-order valence-electron chi connectivity index (χ0n) is 15.9. The topological polar surface area (TPSA) is 77.6 Å². The molecule has 0 bridgehead atoms. The lowest BCUT2D eigenvalue weighted by molar-refractivity contribution is -0.121. The van der Waals surface area contributed by atoms with Gasteiger partial charge in [-0.05, 0) is 43.8 Å². The van der Waals surface area contributed by atoms with Crippen molar-refractivity contribution in [2.45, 2.75) is 33.4 Å². The average Bonchev–Trinajstić information content (AvgIpc) is 3.41. The van der Waals surface area contributed by atoms with Crippen molar-refractivity contribution in [1.29, 1.82) is 0 Å². The molecule has 4 aromatic heterocycles. The van der Waals surface area contributed by atoms with E-state index in [2.05, 4.69) is 31.9 Å². The molecule has 0 aliphatic heterocycles. The molecule has 144 valence electrons. The molecule has 1 N–H and O–H groups in total. The second kappa shape index (κ2) is 7.93. The SMILES string of the molecule is Cc1nn(CC(=O)NCCCn2nccc2C)c2nccc(-c3cccs3)c12. The monoisotopic (exact) mass is 394 g/mol. The molecular weight excluding hydrogens is 372 g/mol. The number of hydrogen-bond acceptors (Lipinski definition) is 5. The second-order valence-electron chi connectivity index (χ2n) is 6.68. The maximum Gasteiger partial charge on any atom is 0.241 e. The van der Waals surface area contributed by atoms with Crippen LogP contribution in [-0.2, 0) is 17.9 Å². The summed E-state index contributed by atoms with van der Waals surface area (Å²) in [4.78, 5) is 18.0. The van der Waals surface area contributed by atoms with Crippen LogP contribution in [0.15, 0.2) is 42.0 Å². The first-order chi connectivity index (χ1) is 13.6. The highest BCUT2D eigenvalue weighted by Gasteiger charge is 2.16. The fraction of sp³-hybridized carbons (Fsp3) is 0.300. The number of hydrogen-bond donors (Lipinski definition) is 1. The molecule has 4 rings (SSSR count). The number of fused-ring (bicyclic) bond motifs is 1. The lowest BCUT2D eigenvalue weighted by Gasteiger charge is -2.07. The number of pyridine rings is 1. The van der Waals surface area contributed by atoms with Crippen molar-refractivity contribution >= 4 is 28.3 Å². The summed E-state index contributed by atoms with van der Waals surface area (Å²) in [6, 6.07) is 8.10. The molecule has 0 spiro atoms. The van der Waals surface area contributed by atoms with Gasteiger partial charge in [-0.3, -0.25) is 9.48 Å². The molecule has 0 unspecified atom stereocenters. The van der Waals surface area contributed by atoms with Crippen LogP contribution in [0.25, 0.3) is 21.5 Å². The Morgan fingerprint density at radius 2 is 2.07 bits per heavy atom. The van der Waals surface area contributed by atoms with Gasteiger partial charge in [-0.25, -0.2) is 9.67 Å². The van der Waals surface area contributed by atoms with Gasteiger partial charge in [0.05, 0.1) is 11.1 Å². The van der Waals surface area contributed by atoms with Crippen molar-refractivity contribution in [2.75, 3.05) is 6.54 Å². The molecule has 0 aliphatic rings. The number of nitrogens with one attached hydrogen (secondary N) is 1. The van der Waals surface area contributed by atoms with E-state index >= 15 is 0 Å². The van der Waals surface area contributed by atoms with Gasteiger partial charge in [-0.1, -0.05) is 6.07 Å². The largest absolute Gasteiger partial charge is 0.354 e. The van der Waals surface area contributed by atoms with Crippen LogP contribution in [0.5, 0.6) is 0 Å². The Hall–Kier alpha value is -3.00. The summed E-state index contributed by atoms with van der Waals surface area (Å²) in [7, 11) is 0. The fourth-order valence-corrected chi connectivity index (χ4v) is 4.07. The highest BCUT2D eigenvalue weighted by molar-refractivity contribution is 7.13. The van der Waals surface area contributed by atoms with E-state index in [9.17, 15) is 4.79 Å². The van der Waals surface area contributed by atoms with E-state index in [1.807, 2.05) is 36.7 Å². The Balaban J connectivity index is 1.42. The number of nitrogens with zero attached hydrogens (tertiary/aromatic N) is 5. The summed E-state index contributed by atoms with van der Waals surface area (Å²) in [5, 5.41) is 14.8. The van der Waals surface area contributed by atoms with Gasteiger partial charge in [0.15, 0.2) is 5.65 Å². The van der Waals surface area contributed by atoms with Gasteiger partial charge in [0.1, 0.15) is 6.54 Å². The van der Waals surface area contributed by atoms with Gasteiger partial charge >= 0.3 is 0 Å². The highest BCUT2D eigenvalue weighted by atomic mass is 32.1.